The molecule has 0 atom stereocenters. The molecule has 1 saturated carbocycles. The van der Waals surface area contributed by atoms with Crippen molar-refractivity contribution in [1.82, 2.24) is 15.5 Å². The van der Waals surface area contributed by atoms with Crippen molar-refractivity contribution in [1.29, 1.82) is 0 Å². The molecule has 1 aliphatic heterocycles. The minimum atomic E-state index is -4.13. The van der Waals surface area contributed by atoms with Gasteiger partial charge in [-0.3, -0.25) is 9.89 Å². The van der Waals surface area contributed by atoms with E-state index in [9.17, 15) is 13.2 Å². The van der Waals surface area contributed by atoms with E-state index in [0.29, 0.717) is 5.96 Å². The molecule has 2 fully saturated rings. The van der Waals surface area contributed by atoms with Gasteiger partial charge in [0.15, 0.2) is 5.96 Å². The molecule has 0 bridgehead atoms. The molecule has 0 spiro atoms. The first-order valence-electron chi connectivity index (χ1n) is 9.22. The maximum Gasteiger partial charge on any atom is 0.390 e. The normalized spacial score (nSPS) is 22.2. The molecule has 0 amide bonds. The Hall–Kier alpha value is -0.250. The molecule has 2 aliphatic rings. The van der Waals surface area contributed by atoms with Gasteiger partial charge in [-0.2, -0.15) is 13.2 Å². The molecular weight excluding hydrogens is 444 g/mol. The molecular formula is C17H32F3IN4. The SMILES string of the molecule is CN=C(NCCC(F)(F)F)NCC1(N2CCCCC2)CCCCC1.I. The predicted molar refractivity (Wildman–Crippen MR) is 107 cm³/mol. The van der Waals surface area contributed by atoms with Crippen LogP contribution in [0.3, 0.4) is 0 Å². The zero-order valence-electron chi connectivity index (χ0n) is 15.1. The van der Waals surface area contributed by atoms with Crippen molar-refractivity contribution < 1.29 is 13.2 Å². The van der Waals surface area contributed by atoms with Crippen LogP contribution >= 0.6 is 24.0 Å². The zero-order chi connectivity index (χ0) is 17.5. The Morgan fingerprint density at radius 3 is 2.16 bits per heavy atom. The van der Waals surface area contributed by atoms with Crippen molar-refractivity contribution in [2.24, 2.45) is 4.99 Å². The molecule has 148 valence electrons. The van der Waals surface area contributed by atoms with Crippen LogP contribution < -0.4 is 10.6 Å². The number of likely N-dealkylation sites (tertiary alicyclic amines) is 1. The number of piperidine rings is 1. The lowest BCUT2D eigenvalue weighted by Crippen LogP contribution is -2.59. The van der Waals surface area contributed by atoms with Gasteiger partial charge >= 0.3 is 6.18 Å². The van der Waals surface area contributed by atoms with Crippen LogP contribution in [0.15, 0.2) is 4.99 Å². The van der Waals surface area contributed by atoms with Crippen LogP contribution in [0.25, 0.3) is 0 Å². The lowest BCUT2D eigenvalue weighted by atomic mass is 9.79. The van der Waals surface area contributed by atoms with Crippen LogP contribution in [0.4, 0.5) is 13.2 Å². The quantitative estimate of drug-likeness (QED) is 0.359. The molecule has 0 unspecified atom stereocenters. The highest BCUT2D eigenvalue weighted by molar-refractivity contribution is 14.0. The largest absolute Gasteiger partial charge is 0.390 e. The van der Waals surface area contributed by atoms with Gasteiger partial charge in [-0.15, -0.1) is 24.0 Å². The minimum absolute atomic E-state index is 0. The van der Waals surface area contributed by atoms with E-state index in [0.717, 1.165) is 19.6 Å². The summed E-state index contributed by atoms with van der Waals surface area (Å²) in [7, 11) is 1.61. The van der Waals surface area contributed by atoms with Crippen LogP contribution in [0.2, 0.25) is 0 Å². The van der Waals surface area contributed by atoms with Crippen molar-refractivity contribution in [2.45, 2.75) is 69.5 Å². The Morgan fingerprint density at radius 1 is 1.00 bits per heavy atom. The number of halogens is 4. The highest BCUT2D eigenvalue weighted by Crippen LogP contribution is 2.35. The van der Waals surface area contributed by atoms with Crippen LogP contribution in [-0.2, 0) is 0 Å². The summed E-state index contributed by atoms with van der Waals surface area (Å²) in [5.41, 5.74) is 0.139. The zero-order valence-corrected chi connectivity index (χ0v) is 17.5. The van der Waals surface area contributed by atoms with Crippen molar-refractivity contribution >= 4 is 29.9 Å². The summed E-state index contributed by atoms with van der Waals surface area (Å²) >= 11 is 0. The first-order valence-corrected chi connectivity index (χ1v) is 9.22. The summed E-state index contributed by atoms with van der Waals surface area (Å²) in [6.07, 6.45) is 4.92. The molecule has 2 N–H and O–H groups in total. The second kappa shape index (κ2) is 10.8. The maximum absolute atomic E-state index is 12.3. The molecule has 1 aliphatic carbocycles. The van der Waals surface area contributed by atoms with Crippen LogP contribution in [-0.4, -0.2) is 55.8 Å². The number of nitrogens with zero attached hydrogens (tertiary/aromatic N) is 2. The van der Waals surface area contributed by atoms with E-state index in [-0.39, 0.29) is 36.1 Å². The van der Waals surface area contributed by atoms with E-state index in [2.05, 4.69) is 20.5 Å². The fourth-order valence-electron chi connectivity index (χ4n) is 3.97. The fraction of sp³-hybridized carbons (Fsp3) is 0.941. The summed E-state index contributed by atoms with van der Waals surface area (Å²) in [6.45, 7) is 2.90. The standard InChI is InChI=1S/C17H31F3N4.HI/c1-21-15(22-11-10-17(18,19)20)23-14-16(8-4-2-5-9-16)24-12-6-3-7-13-24;/h2-14H2,1H3,(H2,21,22,23);1H. The summed E-state index contributed by atoms with van der Waals surface area (Å²) in [4.78, 5) is 6.69. The van der Waals surface area contributed by atoms with E-state index in [1.165, 1.54) is 51.4 Å². The van der Waals surface area contributed by atoms with E-state index < -0.39 is 12.6 Å². The first-order chi connectivity index (χ1) is 11.5. The van der Waals surface area contributed by atoms with Gasteiger partial charge in [0.1, 0.15) is 0 Å². The second-order valence-corrected chi connectivity index (χ2v) is 7.05. The van der Waals surface area contributed by atoms with Gasteiger partial charge in [0.25, 0.3) is 0 Å². The Morgan fingerprint density at radius 2 is 1.60 bits per heavy atom. The van der Waals surface area contributed by atoms with Crippen LogP contribution in [0.1, 0.15) is 57.8 Å². The molecule has 0 aromatic heterocycles. The van der Waals surface area contributed by atoms with Gasteiger partial charge < -0.3 is 10.6 Å². The molecule has 1 heterocycles. The van der Waals surface area contributed by atoms with Gasteiger partial charge in [0.05, 0.1) is 6.42 Å². The smallest absolute Gasteiger partial charge is 0.356 e. The number of aliphatic imine (C=N–C) groups is 1. The van der Waals surface area contributed by atoms with Crippen molar-refractivity contribution in [3.05, 3.63) is 0 Å². The highest BCUT2D eigenvalue weighted by Gasteiger charge is 2.38. The summed E-state index contributed by atoms with van der Waals surface area (Å²) in [6, 6.07) is 0. The Bertz CT molecular complexity index is 403. The molecule has 0 aromatic rings. The average Bonchev–Trinajstić information content (AvgIpc) is 2.58. The topological polar surface area (TPSA) is 39.7 Å². The molecule has 25 heavy (non-hydrogen) atoms. The Labute approximate surface area is 166 Å². The summed E-state index contributed by atoms with van der Waals surface area (Å²) < 4.78 is 36.9. The maximum atomic E-state index is 12.3. The van der Waals surface area contributed by atoms with Crippen molar-refractivity contribution in [3.8, 4) is 0 Å². The monoisotopic (exact) mass is 476 g/mol. The molecule has 2 rings (SSSR count). The lowest BCUT2D eigenvalue weighted by Gasteiger charge is -2.48. The Balaban J connectivity index is 0.00000312. The lowest BCUT2D eigenvalue weighted by molar-refractivity contribution is -0.132. The number of alkyl halides is 3. The van der Waals surface area contributed by atoms with Crippen molar-refractivity contribution in [2.75, 3.05) is 33.2 Å². The number of hydrogen-bond acceptors (Lipinski definition) is 2. The van der Waals surface area contributed by atoms with Gasteiger partial charge in [-0.05, 0) is 38.8 Å². The molecule has 0 radical (unpaired) electrons. The number of guanidine groups is 1. The van der Waals surface area contributed by atoms with E-state index in [1.54, 1.807) is 7.05 Å². The fourth-order valence-corrected chi connectivity index (χ4v) is 3.97. The van der Waals surface area contributed by atoms with Crippen molar-refractivity contribution in [3.63, 3.8) is 0 Å². The number of hydrogen-bond donors (Lipinski definition) is 2. The second-order valence-electron chi connectivity index (χ2n) is 7.05. The molecule has 8 heteroatoms. The number of nitrogens with one attached hydrogen (secondary N) is 2. The van der Waals surface area contributed by atoms with Gasteiger partial charge in [-0.25, -0.2) is 0 Å². The summed E-state index contributed by atoms with van der Waals surface area (Å²) in [5.74, 6) is 0.473. The van der Waals surface area contributed by atoms with Gasteiger partial charge in [-0.1, -0.05) is 25.7 Å². The molecule has 4 nitrogen and oxygen atoms in total. The minimum Gasteiger partial charge on any atom is -0.356 e. The van der Waals surface area contributed by atoms with E-state index >= 15 is 0 Å². The molecule has 1 saturated heterocycles. The van der Waals surface area contributed by atoms with E-state index in [4.69, 9.17) is 0 Å². The van der Waals surface area contributed by atoms with Gasteiger partial charge in [0.2, 0.25) is 0 Å². The van der Waals surface area contributed by atoms with Gasteiger partial charge in [0, 0.05) is 25.7 Å². The third kappa shape index (κ3) is 7.48. The first kappa shape index (κ1) is 22.8. The number of rotatable bonds is 5. The third-order valence-electron chi connectivity index (χ3n) is 5.32. The molecule has 0 aromatic carbocycles. The third-order valence-corrected chi connectivity index (χ3v) is 5.32. The summed E-state index contributed by atoms with van der Waals surface area (Å²) in [5, 5.41) is 6.08. The predicted octanol–water partition coefficient (Wildman–Crippen LogP) is 3.91. The Kier molecular flexibility index (Phi) is 9.84. The van der Waals surface area contributed by atoms with Crippen LogP contribution in [0.5, 0.6) is 0 Å². The highest BCUT2D eigenvalue weighted by atomic mass is 127. The average molecular weight is 476 g/mol. The van der Waals surface area contributed by atoms with E-state index in [1.807, 2.05) is 0 Å². The van der Waals surface area contributed by atoms with Crippen LogP contribution in [0, 0.1) is 0 Å².